The Bertz CT molecular complexity index is 374. The SMILES string of the molecule is CC(CC(C)(C#N)NC1CC1)N1CCN(C2CC2)CC1. The van der Waals surface area contributed by atoms with E-state index in [1.54, 1.807) is 0 Å². The van der Waals surface area contributed by atoms with E-state index in [0.717, 1.165) is 12.5 Å². The van der Waals surface area contributed by atoms with E-state index in [2.05, 4.69) is 35.0 Å². The molecule has 0 aromatic carbocycles. The zero-order valence-corrected chi connectivity index (χ0v) is 12.9. The van der Waals surface area contributed by atoms with E-state index in [0.29, 0.717) is 12.1 Å². The average Bonchev–Trinajstić information content (AvgIpc) is 3.32. The lowest BCUT2D eigenvalue weighted by Crippen LogP contribution is -2.53. The van der Waals surface area contributed by atoms with Gasteiger partial charge in [0.15, 0.2) is 0 Å². The van der Waals surface area contributed by atoms with Crippen molar-refractivity contribution < 1.29 is 0 Å². The van der Waals surface area contributed by atoms with Crippen LogP contribution in [0.3, 0.4) is 0 Å². The van der Waals surface area contributed by atoms with Crippen molar-refractivity contribution in [2.45, 2.75) is 69.6 Å². The largest absolute Gasteiger partial charge is 0.298 e. The molecule has 2 atom stereocenters. The first-order valence-corrected chi connectivity index (χ1v) is 8.27. The number of nitrogens with one attached hydrogen (secondary N) is 1. The molecule has 1 heterocycles. The van der Waals surface area contributed by atoms with Crippen LogP contribution in [0.4, 0.5) is 0 Å². The Hall–Kier alpha value is -0.630. The van der Waals surface area contributed by atoms with Gasteiger partial charge in [0.05, 0.1) is 6.07 Å². The molecule has 0 radical (unpaired) electrons. The Morgan fingerprint density at radius 2 is 1.85 bits per heavy atom. The van der Waals surface area contributed by atoms with Gasteiger partial charge in [0.2, 0.25) is 0 Å². The third kappa shape index (κ3) is 3.52. The van der Waals surface area contributed by atoms with Crippen LogP contribution in [0.25, 0.3) is 0 Å². The molecule has 20 heavy (non-hydrogen) atoms. The molecule has 3 rings (SSSR count). The van der Waals surface area contributed by atoms with Crippen molar-refractivity contribution in [2.24, 2.45) is 0 Å². The number of hydrogen-bond acceptors (Lipinski definition) is 4. The molecule has 2 aliphatic carbocycles. The lowest BCUT2D eigenvalue weighted by molar-refractivity contribution is 0.0862. The van der Waals surface area contributed by atoms with Crippen molar-refractivity contribution in [3.05, 3.63) is 0 Å². The summed E-state index contributed by atoms with van der Waals surface area (Å²) in [4.78, 5) is 5.22. The molecule has 2 saturated carbocycles. The minimum absolute atomic E-state index is 0.353. The Balaban J connectivity index is 1.48. The smallest absolute Gasteiger partial charge is 0.105 e. The molecule has 3 aliphatic rings. The van der Waals surface area contributed by atoms with E-state index < -0.39 is 0 Å². The zero-order valence-electron chi connectivity index (χ0n) is 12.9. The Morgan fingerprint density at radius 1 is 1.20 bits per heavy atom. The van der Waals surface area contributed by atoms with Gasteiger partial charge in [-0.1, -0.05) is 0 Å². The summed E-state index contributed by atoms with van der Waals surface area (Å²) in [5, 5.41) is 13.0. The van der Waals surface area contributed by atoms with Crippen LogP contribution in [0.2, 0.25) is 0 Å². The van der Waals surface area contributed by atoms with Crippen molar-refractivity contribution in [1.29, 1.82) is 5.26 Å². The summed E-state index contributed by atoms with van der Waals surface area (Å²) in [6.45, 7) is 9.13. The van der Waals surface area contributed by atoms with Gasteiger partial charge in [-0.05, 0) is 46.0 Å². The highest BCUT2D eigenvalue weighted by Gasteiger charge is 2.36. The molecule has 0 aromatic heterocycles. The molecule has 1 aliphatic heterocycles. The maximum atomic E-state index is 9.49. The van der Waals surface area contributed by atoms with Gasteiger partial charge < -0.3 is 0 Å². The van der Waals surface area contributed by atoms with E-state index in [9.17, 15) is 5.26 Å². The van der Waals surface area contributed by atoms with E-state index in [-0.39, 0.29) is 5.54 Å². The average molecular weight is 276 g/mol. The topological polar surface area (TPSA) is 42.3 Å². The fourth-order valence-electron chi connectivity index (χ4n) is 3.52. The monoisotopic (exact) mass is 276 g/mol. The first-order chi connectivity index (χ1) is 9.59. The standard InChI is InChI=1S/C16H28N4/c1-13(11-16(2,12-17)18-14-3-4-14)19-7-9-20(10-8-19)15-5-6-15/h13-15,18H,3-11H2,1-2H3. The fourth-order valence-corrected chi connectivity index (χ4v) is 3.52. The lowest BCUT2D eigenvalue weighted by atomic mass is 9.94. The van der Waals surface area contributed by atoms with Gasteiger partial charge in [0.1, 0.15) is 5.54 Å². The van der Waals surface area contributed by atoms with Crippen LogP contribution < -0.4 is 5.32 Å². The van der Waals surface area contributed by atoms with Crippen LogP contribution in [0.15, 0.2) is 0 Å². The predicted octanol–water partition coefficient (Wildman–Crippen LogP) is 1.58. The van der Waals surface area contributed by atoms with Crippen LogP contribution in [0.1, 0.15) is 46.0 Å². The second-order valence-electron chi connectivity index (χ2n) is 7.22. The fraction of sp³-hybridized carbons (Fsp3) is 0.938. The van der Waals surface area contributed by atoms with Crippen LogP contribution >= 0.6 is 0 Å². The molecular weight excluding hydrogens is 248 g/mol. The summed E-state index contributed by atoms with van der Waals surface area (Å²) in [6, 6.07) is 4.49. The van der Waals surface area contributed by atoms with E-state index >= 15 is 0 Å². The molecule has 0 aromatic rings. The second-order valence-corrected chi connectivity index (χ2v) is 7.22. The molecule has 2 unspecified atom stereocenters. The second kappa shape index (κ2) is 5.63. The van der Waals surface area contributed by atoms with Gasteiger partial charge in [0.25, 0.3) is 0 Å². The molecule has 4 heteroatoms. The van der Waals surface area contributed by atoms with Gasteiger partial charge in [-0.25, -0.2) is 0 Å². The summed E-state index contributed by atoms with van der Waals surface area (Å²) in [7, 11) is 0. The molecule has 1 saturated heterocycles. The maximum absolute atomic E-state index is 9.49. The van der Waals surface area contributed by atoms with Crippen molar-refractivity contribution in [1.82, 2.24) is 15.1 Å². The summed E-state index contributed by atoms with van der Waals surface area (Å²) < 4.78 is 0. The number of nitriles is 1. The highest BCUT2D eigenvalue weighted by atomic mass is 15.3. The molecule has 1 N–H and O–H groups in total. The Labute approximate surface area is 123 Å². The van der Waals surface area contributed by atoms with Crippen LogP contribution in [0.5, 0.6) is 0 Å². The van der Waals surface area contributed by atoms with Crippen LogP contribution in [-0.2, 0) is 0 Å². The van der Waals surface area contributed by atoms with Gasteiger partial charge in [-0.2, -0.15) is 5.26 Å². The number of rotatable bonds is 6. The van der Waals surface area contributed by atoms with Crippen LogP contribution in [-0.4, -0.2) is 59.6 Å². The van der Waals surface area contributed by atoms with E-state index in [4.69, 9.17) is 0 Å². The number of nitrogens with zero attached hydrogens (tertiary/aromatic N) is 3. The van der Waals surface area contributed by atoms with Crippen molar-refractivity contribution in [3.63, 3.8) is 0 Å². The third-order valence-corrected chi connectivity index (χ3v) is 5.09. The molecular formula is C16H28N4. The Morgan fingerprint density at radius 3 is 2.35 bits per heavy atom. The van der Waals surface area contributed by atoms with Gasteiger partial charge in [-0.15, -0.1) is 0 Å². The molecule has 3 fully saturated rings. The van der Waals surface area contributed by atoms with Crippen LogP contribution in [0, 0.1) is 11.3 Å². The number of piperazine rings is 1. The number of hydrogen-bond donors (Lipinski definition) is 1. The minimum atomic E-state index is -0.353. The van der Waals surface area contributed by atoms with Crippen molar-refractivity contribution in [2.75, 3.05) is 26.2 Å². The van der Waals surface area contributed by atoms with E-state index in [1.807, 2.05) is 0 Å². The first-order valence-electron chi connectivity index (χ1n) is 8.27. The maximum Gasteiger partial charge on any atom is 0.105 e. The summed E-state index contributed by atoms with van der Waals surface area (Å²) in [5.74, 6) is 0. The summed E-state index contributed by atoms with van der Waals surface area (Å²) in [5.41, 5.74) is -0.353. The van der Waals surface area contributed by atoms with Gasteiger partial charge in [-0.3, -0.25) is 15.1 Å². The molecule has 4 nitrogen and oxygen atoms in total. The first kappa shape index (κ1) is 14.3. The summed E-state index contributed by atoms with van der Waals surface area (Å²) in [6.07, 6.45) is 6.24. The molecule has 0 spiro atoms. The highest BCUT2D eigenvalue weighted by molar-refractivity contribution is 5.08. The normalized spacial score (nSPS) is 29.6. The Kier molecular flexibility index (Phi) is 4.03. The van der Waals surface area contributed by atoms with Crippen molar-refractivity contribution in [3.8, 4) is 6.07 Å². The van der Waals surface area contributed by atoms with Gasteiger partial charge in [0, 0.05) is 44.3 Å². The van der Waals surface area contributed by atoms with Crippen molar-refractivity contribution >= 4 is 0 Å². The summed E-state index contributed by atoms with van der Waals surface area (Å²) >= 11 is 0. The lowest BCUT2D eigenvalue weighted by Gasteiger charge is -2.40. The third-order valence-electron chi connectivity index (χ3n) is 5.09. The minimum Gasteiger partial charge on any atom is -0.298 e. The molecule has 112 valence electrons. The molecule has 0 amide bonds. The highest BCUT2D eigenvalue weighted by Crippen LogP contribution is 2.29. The van der Waals surface area contributed by atoms with Gasteiger partial charge >= 0.3 is 0 Å². The zero-order chi connectivity index (χ0) is 14.2. The quantitative estimate of drug-likeness (QED) is 0.800. The predicted molar refractivity (Wildman–Crippen MR) is 80.4 cm³/mol. The van der Waals surface area contributed by atoms with E-state index in [1.165, 1.54) is 51.9 Å². The molecule has 0 bridgehead atoms.